The van der Waals surface area contributed by atoms with Gasteiger partial charge in [0.15, 0.2) is 5.82 Å². The Morgan fingerprint density at radius 2 is 2.39 bits per heavy atom. The van der Waals surface area contributed by atoms with E-state index in [-0.39, 0.29) is 11.3 Å². The van der Waals surface area contributed by atoms with Gasteiger partial charge in [-0.3, -0.25) is 14.8 Å². The highest BCUT2D eigenvalue weighted by Crippen LogP contribution is 2.34. The number of nitrogens with one attached hydrogen (secondary N) is 2. The maximum Gasteiger partial charge on any atom is 0.254 e. The van der Waals surface area contributed by atoms with Crippen molar-refractivity contribution in [1.82, 2.24) is 30.6 Å². The third-order valence-corrected chi connectivity index (χ3v) is 4.42. The number of hydrogen-bond donors (Lipinski definition) is 2. The summed E-state index contributed by atoms with van der Waals surface area (Å²) in [6.45, 7) is 6.40. The minimum absolute atomic E-state index is 0.110. The fourth-order valence-corrected chi connectivity index (χ4v) is 3.34. The smallest absolute Gasteiger partial charge is 0.254 e. The Hall–Kier alpha value is -2.22. The van der Waals surface area contributed by atoms with E-state index >= 15 is 0 Å². The first kappa shape index (κ1) is 15.7. The maximum atomic E-state index is 12.0. The minimum atomic E-state index is -0.157. The first-order valence-electron chi connectivity index (χ1n) is 7.79. The van der Waals surface area contributed by atoms with Gasteiger partial charge in [-0.2, -0.15) is 10.1 Å². The molecule has 0 unspecified atom stereocenters. The van der Waals surface area contributed by atoms with Crippen molar-refractivity contribution in [2.75, 3.05) is 20.1 Å². The Kier molecular flexibility index (Phi) is 4.16. The number of carbonyl (C=O) groups is 1. The van der Waals surface area contributed by atoms with Crippen molar-refractivity contribution in [2.45, 2.75) is 38.6 Å². The van der Waals surface area contributed by atoms with Crippen LogP contribution in [0.4, 0.5) is 0 Å². The van der Waals surface area contributed by atoms with Crippen LogP contribution in [0.5, 0.6) is 0 Å². The third-order valence-electron chi connectivity index (χ3n) is 4.42. The maximum absolute atomic E-state index is 12.0. The van der Waals surface area contributed by atoms with E-state index in [0.717, 1.165) is 31.6 Å². The van der Waals surface area contributed by atoms with E-state index in [9.17, 15) is 4.79 Å². The van der Waals surface area contributed by atoms with Crippen LogP contribution in [-0.4, -0.2) is 51.3 Å². The summed E-state index contributed by atoms with van der Waals surface area (Å²) in [5, 5.41) is 13.8. The lowest BCUT2D eigenvalue weighted by atomic mass is 9.77. The Morgan fingerprint density at radius 1 is 1.57 bits per heavy atom. The molecule has 8 nitrogen and oxygen atoms in total. The van der Waals surface area contributed by atoms with Gasteiger partial charge in [0, 0.05) is 25.9 Å². The fourth-order valence-electron chi connectivity index (χ4n) is 3.34. The van der Waals surface area contributed by atoms with Crippen molar-refractivity contribution in [3.63, 3.8) is 0 Å². The Morgan fingerprint density at radius 3 is 3.09 bits per heavy atom. The number of likely N-dealkylation sites (tertiary alicyclic amines) is 1. The molecule has 0 saturated carbocycles. The van der Waals surface area contributed by atoms with E-state index in [1.165, 1.54) is 0 Å². The molecule has 23 heavy (non-hydrogen) atoms. The van der Waals surface area contributed by atoms with Crippen molar-refractivity contribution >= 4 is 5.91 Å². The molecule has 3 rings (SSSR count). The Bertz CT molecular complexity index is 694. The molecule has 0 spiro atoms. The lowest BCUT2D eigenvalue weighted by Gasteiger charge is -2.39. The van der Waals surface area contributed by atoms with Gasteiger partial charge in [-0.25, -0.2) is 0 Å². The second-order valence-electron chi connectivity index (χ2n) is 6.34. The lowest BCUT2D eigenvalue weighted by Crippen LogP contribution is -2.45. The van der Waals surface area contributed by atoms with Crippen LogP contribution < -0.4 is 5.32 Å². The van der Waals surface area contributed by atoms with E-state index in [1.807, 2.05) is 0 Å². The first-order chi connectivity index (χ1) is 11.0. The van der Waals surface area contributed by atoms with Crippen LogP contribution >= 0.6 is 0 Å². The lowest BCUT2D eigenvalue weighted by molar-refractivity contribution is 0.0955. The molecule has 124 valence electrons. The molecule has 0 radical (unpaired) electrons. The van der Waals surface area contributed by atoms with Gasteiger partial charge >= 0.3 is 0 Å². The van der Waals surface area contributed by atoms with Gasteiger partial charge in [0.1, 0.15) is 0 Å². The molecule has 1 aliphatic rings. The van der Waals surface area contributed by atoms with Gasteiger partial charge < -0.3 is 9.84 Å². The Labute approximate surface area is 134 Å². The normalized spacial score (nSPS) is 22.2. The summed E-state index contributed by atoms with van der Waals surface area (Å²) < 4.78 is 5.04. The molecule has 2 N–H and O–H groups in total. The number of aromatic nitrogens is 4. The molecule has 0 bridgehead atoms. The number of aromatic amines is 1. The molecule has 1 saturated heterocycles. The van der Waals surface area contributed by atoms with Crippen LogP contribution in [0.25, 0.3) is 0 Å². The quantitative estimate of drug-likeness (QED) is 0.873. The summed E-state index contributed by atoms with van der Waals surface area (Å²) in [4.78, 5) is 18.6. The zero-order valence-electron chi connectivity index (χ0n) is 13.7. The largest absolute Gasteiger partial charge is 0.355 e. The second kappa shape index (κ2) is 6.11. The highest BCUT2D eigenvalue weighted by molar-refractivity contribution is 5.95. The molecule has 0 aromatic carbocycles. The zero-order chi connectivity index (χ0) is 16.4. The van der Waals surface area contributed by atoms with E-state index in [1.54, 1.807) is 20.2 Å². The van der Waals surface area contributed by atoms with Crippen molar-refractivity contribution < 1.29 is 9.32 Å². The van der Waals surface area contributed by atoms with Crippen LogP contribution in [0.2, 0.25) is 0 Å². The SMILES string of the molecule is CNC(=O)c1cn[nH]c1[C@]1(C)CCCN(Cc2noc(C)n2)C1. The zero-order valence-corrected chi connectivity index (χ0v) is 13.7. The van der Waals surface area contributed by atoms with Gasteiger partial charge in [0.05, 0.1) is 24.0 Å². The molecule has 3 heterocycles. The van der Waals surface area contributed by atoms with Crippen LogP contribution in [0.1, 0.15) is 47.5 Å². The summed E-state index contributed by atoms with van der Waals surface area (Å²) in [6, 6.07) is 0. The number of aryl methyl sites for hydroxylation is 1. The molecule has 1 fully saturated rings. The molecule has 2 aromatic heterocycles. The highest BCUT2D eigenvalue weighted by atomic mass is 16.5. The van der Waals surface area contributed by atoms with Gasteiger partial charge in [0.25, 0.3) is 5.91 Å². The van der Waals surface area contributed by atoms with E-state index in [0.29, 0.717) is 23.8 Å². The summed E-state index contributed by atoms with van der Waals surface area (Å²) in [7, 11) is 1.63. The average molecular weight is 318 g/mol. The number of carbonyl (C=O) groups excluding carboxylic acids is 1. The first-order valence-corrected chi connectivity index (χ1v) is 7.79. The number of rotatable bonds is 4. The van der Waals surface area contributed by atoms with Gasteiger partial charge in [0.2, 0.25) is 5.89 Å². The number of hydrogen-bond acceptors (Lipinski definition) is 6. The molecular formula is C15H22N6O2. The van der Waals surface area contributed by atoms with Crippen molar-refractivity contribution in [3.8, 4) is 0 Å². The molecule has 1 atom stereocenters. The van der Waals surface area contributed by atoms with Crippen LogP contribution in [0.15, 0.2) is 10.7 Å². The molecule has 1 amide bonds. The molecule has 2 aromatic rings. The molecule has 0 aliphatic carbocycles. The average Bonchev–Trinajstić information content (AvgIpc) is 3.16. The summed E-state index contributed by atoms with van der Waals surface area (Å²) in [5.41, 5.74) is 1.35. The van der Waals surface area contributed by atoms with Gasteiger partial charge in [-0.05, 0) is 19.4 Å². The molecule has 8 heteroatoms. The number of piperidine rings is 1. The molecular weight excluding hydrogens is 296 g/mol. The number of H-pyrrole nitrogens is 1. The highest BCUT2D eigenvalue weighted by Gasteiger charge is 2.37. The van der Waals surface area contributed by atoms with Crippen LogP contribution in [0, 0.1) is 6.92 Å². The molecule has 1 aliphatic heterocycles. The van der Waals surface area contributed by atoms with E-state index in [4.69, 9.17) is 4.52 Å². The standard InChI is InChI=1S/C15H22N6O2/c1-10-18-12(20-23-10)8-21-6-4-5-15(2,9-21)13-11(7-17-19-13)14(22)16-3/h7H,4-6,8-9H2,1-3H3,(H,16,22)(H,17,19)/t15-/m1/s1. The Balaban J connectivity index is 1.79. The van der Waals surface area contributed by atoms with Crippen molar-refractivity contribution in [1.29, 1.82) is 0 Å². The van der Waals surface area contributed by atoms with E-state index in [2.05, 4.69) is 37.5 Å². The van der Waals surface area contributed by atoms with Crippen LogP contribution in [-0.2, 0) is 12.0 Å². The predicted octanol–water partition coefficient (Wildman–Crippen LogP) is 1.01. The number of nitrogens with zero attached hydrogens (tertiary/aromatic N) is 4. The van der Waals surface area contributed by atoms with Gasteiger partial charge in [-0.15, -0.1) is 0 Å². The number of amides is 1. The fraction of sp³-hybridized carbons (Fsp3) is 0.600. The van der Waals surface area contributed by atoms with Crippen molar-refractivity contribution in [2.24, 2.45) is 0 Å². The van der Waals surface area contributed by atoms with Gasteiger partial charge in [-0.1, -0.05) is 12.1 Å². The third kappa shape index (κ3) is 3.12. The topological polar surface area (TPSA) is 99.9 Å². The van der Waals surface area contributed by atoms with E-state index < -0.39 is 0 Å². The van der Waals surface area contributed by atoms with Crippen molar-refractivity contribution in [3.05, 3.63) is 29.2 Å². The second-order valence-corrected chi connectivity index (χ2v) is 6.34. The summed E-state index contributed by atoms with van der Waals surface area (Å²) in [6.07, 6.45) is 3.64. The predicted molar refractivity (Wildman–Crippen MR) is 82.9 cm³/mol. The minimum Gasteiger partial charge on any atom is -0.355 e. The summed E-state index contributed by atoms with van der Waals surface area (Å²) in [5.74, 6) is 1.17. The van der Waals surface area contributed by atoms with Crippen LogP contribution in [0.3, 0.4) is 0 Å². The summed E-state index contributed by atoms with van der Waals surface area (Å²) >= 11 is 0. The monoisotopic (exact) mass is 318 g/mol.